The number of hydrogen-bond donors (Lipinski definition) is 0. The van der Waals surface area contributed by atoms with Gasteiger partial charge in [-0.1, -0.05) is 13.3 Å². The van der Waals surface area contributed by atoms with Crippen LogP contribution in [0.2, 0.25) is 0 Å². The van der Waals surface area contributed by atoms with E-state index in [0.717, 1.165) is 18.5 Å². The van der Waals surface area contributed by atoms with Gasteiger partial charge in [0.05, 0.1) is 12.2 Å². The van der Waals surface area contributed by atoms with E-state index in [-0.39, 0.29) is 0 Å². The number of hydrogen-bond acceptors (Lipinski definition) is 4. The van der Waals surface area contributed by atoms with Gasteiger partial charge in [0.15, 0.2) is 0 Å². The van der Waals surface area contributed by atoms with Crippen molar-refractivity contribution < 1.29 is 14.6 Å². The quantitative estimate of drug-likeness (QED) is 0.433. The maximum atomic E-state index is 11.5. The van der Waals surface area contributed by atoms with E-state index in [9.17, 15) is 4.79 Å². The minimum Gasteiger partial charge on any atom is -0.378 e. The molecule has 17 heavy (non-hydrogen) atoms. The predicted octanol–water partition coefficient (Wildman–Crippen LogP) is 2.64. The summed E-state index contributed by atoms with van der Waals surface area (Å²) in [4.78, 5) is 23.0. The van der Waals surface area contributed by atoms with Crippen LogP contribution in [0.1, 0.15) is 30.1 Å². The van der Waals surface area contributed by atoms with Gasteiger partial charge in [0, 0.05) is 19.8 Å². The van der Waals surface area contributed by atoms with Gasteiger partial charge in [-0.25, -0.2) is 4.79 Å². The van der Waals surface area contributed by atoms with Crippen molar-refractivity contribution >= 4 is 11.7 Å². The zero-order valence-corrected chi connectivity index (χ0v) is 10.6. The number of nitrogens with zero attached hydrogens (tertiary/aromatic N) is 1. The van der Waals surface area contributed by atoms with Gasteiger partial charge in [0.1, 0.15) is 0 Å². The molecule has 0 amide bonds. The van der Waals surface area contributed by atoms with Crippen LogP contribution in [-0.2, 0) is 9.78 Å². The van der Waals surface area contributed by atoms with E-state index in [1.165, 1.54) is 0 Å². The van der Waals surface area contributed by atoms with E-state index in [4.69, 9.17) is 4.89 Å². The van der Waals surface area contributed by atoms with Crippen LogP contribution in [0, 0.1) is 0 Å². The van der Waals surface area contributed by atoms with Crippen molar-refractivity contribution in [2.75, 3.05) is 25.6 Å². The molecule has 0 spiro atoms. The summed E-state index contributed by atoms with van der Waals surface area (Å²) in [6.45, 7) is 2.49. The molecule has 0 fully saturated rings. The first-order chi connectivity index (χ1) is 8.15. The van der Waals surface area contributed by atoms with E-state index in [1.54, 1.807) is 12.1 Å². The Labute approximate surface area is 102 Å². The van der Waals surface area contributed by atoms with Gasteiger partial charge < -0.3 is 4.90 Å². The van der Waals surface area contributed by atoms with Gasteiger partial charge in [-0.3, -0.25) is 4.89 Å². The largest absolute Gasteiger partial charge is 0.378 e. The molecule has 4 heteroatoms. The fourth-order valence-electron chi connectivity index (χ4n) is 1.24. The SMILES string of the molecule is CCCCOOC(=O)c1ccc(N(C)C)cc1. The molecule has 4 nitrogen and oxygen atoms in total. The third kappa shape index (κ3) is 4.44. The predicted molar refractivity (Wildman–Crippen MR) is 67.0 cm³/mol. The third-order valence-electron chi connectivity index (χ3n) is 2.34. The highest BCUT2D eigenvalue weighted by atomic mass is 17.2. The molecule has 0 atom stereocenters. The van der Waals surface area contributed by atoms with Crippen molar-refractivity contribution in [1.82, 2.24) is 0 Å². The molecule has 0 aliphatic heterocycles. The number of carbonyl (C=O) groups excluding carboxylic acids is 1. The number of carbonyl (C=O) groups is 1. The summed E-state index contributed by atoms with van der Waals surface area (Å²) in [7, 11) is 3.89. The highest BCUT2D eigenvalue weighted by molar-refractivity contribution is 5.89. The maximum absolute atomic E-state index is 11.5. The molecule has 1 aromatic rings. The van der Waals surface area contributed by atoms with Crippen molar-refractivity contribution in [3.63, 3.8) is 0 Å². The molecule has 0 aliphatic carbocycles. The minimum absolute atomic E-state index is 0.442. The molecule has 1 rings (SSSR count). The molecule has 0 saturated carbocycles. The average molecular weight is 237 g/mol. The molecule has 0 unspecified atom stereocenters. The highest BCUT2D eigenvalue weighted by Gasteiger charge is 2.08. The summed E-state index contributed by atoms with van der Waals surface area (Å²) in [6, 6.07) is 7.17. The van der Waals surface area contributed by atoms with E-state index >= 15 is 0 Å². The van der Waals surface area contributed by atoms with Crippen molar-refractivity contribution in [2.45, 2.75) is 19.8 Å². The van der Waals surface area contributed by atoms with Crippen LogP contribution in [0.15, 0.2) is 24.3 Å². The fraction of sp³-hybridized carbons (Fsp3) is 0.462. The second-order valence-electron chi connectivity index (χ2n) is 3.99. The topological polar surface area (TPSA) is 38.8 Å². The molecule has 0 radical (unpaired) electrons. The number of unbranched alkanes of at least 4 members (excludes halogenated alkanes) is 1. The summed E-state index contributed by atoms with van der Waals surface area (Å²) in [5.41, 5.74) is 1.53. The normalized spacial score (nSPS) is 10.1. The van der Waals surface area contributed by atoms with Crippen LogP contribution in [0.25, 0.3) is 0 Å². The summed E-state index contributed by atoms with van der Waals surface area (Å²) >= 11 is 0. The van der Waals surface area contributed by atoms with Crippen LogP contribution in [0.3, 0.4) is 0 Å². The Bertz CT molecular complexity index is 346. The zero-order chi connectivity index (χ0) is 12.7. The molecule has 0 N–H and O–H groups in total. The lowest BCUT2D eigenvalue weighted by Crippen LogP contribution is -2.10. The summed E-state index contributed by atoms with van der Waals surface area (Å²) in [5.74, 6) is -0.452. The molecular formula is C13H19NO3. The van der Waals surface area contributed by atoms with Crippen molar-refractivity contribution in [3.8, 4) is 0 Å². The Balaban J connectivity index is 2.46. The van der Waals surface area contributed by atoms with E-state index in [1.807, 2.05) is 38.1 Å². The number of anilines is 1. The van der Waals surface area contributed by atoms with Crippen molar-refractivity contribution in [2.24, 2.45) is 0 Å². The Morgan fingerprint density at radius 3 is 2.41 bits per heavy atom. The Kier molecular flexibility index (Phi) is 5.49. The smallest absolute Gasteiger partial charge is 0.373 e. The summed E-state index contributed by atoms with van der Waals surface area (Å²) in [6.07, 6.45) is 1.89. The lowest BCUT2D eigenvalue weighted by atomic mass is 10.2. The van der Waals surface area contributed by atoms with Crippen molar-refractivity contribution in [1.29, 1.82) is 0 Å². The highest BCUT2D eigenvalue weighted by Crippen LogP contribution is 2.13. The minimum atomic E-state index is -0.452. The van der Waals surface area contributed by atoms with Crippen molar-refractivity contribution in [3.05, 3.63) is 29.8 Å². The van der Waals surface area contributed by atoms with E-state index in [0.29, 0.717) is 12.2 Å². The molecule has 0 aliphatic rings. The lowest BCUT2D eigenvalue weighted by molar-refractivity contribution is -0.241. The maximum Gasteiger partial charge on any atom is 0.373 e. The van der Waals surface area contributed by atoms with Crippen LogP contribution >= 0.6 is 0 Å². The second kappa shape index (κ2) is 6.91. The fourth-order valence-corrected chi connectivity index (χ4v) is 1.24. The molecular weight excluding hydrogens is 218 g/mol. The first-order valence-corrected chi connectivity index (χ1v) is 5.76. The lowest BCUT2D eigenvalue weighted by Gasteiger charge is -2.12. The molecule has 0 saturated heterocycles. The third-order valence-corrected chi connectivity index (χ3v) is 2.34. The zero-order valence-electron chi connectivity index (χ0n) is 10.6. The summed E-state index contributed by atoms with van der Waals surface area (Å²) < 4.78 is 0. The van der Waals surface area contributed by atoms with Gasteiger partial charge in [0.25, 0.3) is 0 Å². The van der Waals surface area contributed by atoms with Gasteiger partial charge >= 0.3 is 5.97 Å². The first kappa shape index (κ1) is 13.5. The van der Waals surface area contributed by atoms with E-state index in [2.05, 4.69) is 4.89 Å². The Morgan fingerprint density at radius 2 is 1.88 bits per heavy atom. The standard InChI is InChI=1S/C13H19NO3/c1-4-5-10-16-17-13(15)11-6-8-12(9-7-11)14(2)3/h6-9H,4-5,10H2,1-3H3. The van der Waals surface area contributed by atoms with Gasteiger partial charge in [-0.05, 0) is 30.7 Å². The Hall–Kier alpha value is -1.55. The molecule has 1 aromatic carbocycles. The monoisotopic (exact) mass is 237 g/mol. The summed E-state index contributed by atoms with van der Waals surface area (Å²) in [5, 5.41) is 0. The molecule has 94 valence electrons. The van der Waals surface area contributed by atoms with Gasteiger partial charge in [-0.15, -0.1) is 0 Å². The van der Waals surface area contributed by atoms with Gasteiger partial charge in [-0.2, -0.15) is 4.89 Å². The van der Waals surface area contributed by atoms with Crippen LogP contribution < -0.4 is 4.90 Å². The Morgan fingerprint density at radius 1 is 1.24 bits per heavy atom. The van der Waals surface area contributed by atoms with E-state index < -0.39 is 5.97 Å². The molecule has 0 bridgehead atoms. The number of rotatable bonds is 6. The van der Waals surface area contributed by atoms with Crippen LogP contribution in [0.5, 0.6) is 0 Å². The average Bonchev–Trinajstić information content (AvgIpc) is 2.34. The van der Waals surface area contributed by atoms with Gasteiger partial charge in [0.2, 0.25) is 0 Å². The second-order valence-corrected chi connectivity index (χ2v) is 3.99. The molecule has 0 heterocycles. The molecule has 0 aromatic heterocycles. The van der Waals surface area contributed by atoms with Crippen LogP contribution in [-0.4, -0.2) is 26.7 Å². The van der Waals surface area contributed by atoms with Crippen LogP contribution in [0.4, 0.5) is 5.69 Å². The first-order valence-electron chi connectivity index (χ1n) is 5.76. The number of benzene rings is 1.